The fourth-order valence-corrected chi connectivity index (χ4v) is 6.37. The van der Waals surface area contributed by atoms with Crippen LogP contribution in [-0.4, -0.2) is 48.5 Å². The molecule has 0 atom stereocenters. The van der Waals surface area contributed by atoms with E-state index in [0.29, 0.717) is 23.2 Å². The van der Waals surface area contributed by atoms with Crippen molar-refractivity contribution in [2.45, 2.75) is 72.0 Å². The molecule has 1 aliphatic carbocycles. The number of hydrogen-bond acceptors (Lipinski definition) is 5. The second-order valence-electron chi connectivity index (χ2n) is 10.5. The van der Waals surface area contributed by atoms with Crippen LogP contribution in [-0.2, 0) is 6.54 Å². The van der Waals surface area contributed by atoms with Crippen LogP contribution in [0.5, 0.6) is 0 Å². The van der Waals surface area contributed by atoms with Crippen LogP contribution >= 0.6 is 11.3 Å². The van der Waals surface area contributed by atoms with Gasteiger partial charge in [-0.2, -0.15) is 11.3 Å². The molecule has 4 rings (SSSR count). The Labute approximate surface area is 224 Å². The number of aryl methyl sites for hydroxylation is 2. The van der Waals surface area contributed by atoms with E-state index >= 15 is 0 Å². The Morgan fingerprint density at radius 3 is 2.35 bits per heavy atom. The monoisotopic (exact) mass is 520 g/mol. The van der Waals surface area contributed by atoms with Crippen LogP contribution in [0.4, 0.5) is 5.69 Å². The number of anilines is 1. The fraction of sp³-hybridized carbons (Fsp3) is 0.467. The molecule has 1 fully saturated rings. The summed E-state index contributed by atoms with van der Waals surface area (Å²) in [5.41, 5.74) is 7.12. The van der Waals surface area contributed by atoms with Crippen LogP contribution in [0.25, 0.3) is 11.1 Å². The molecule has 198 valence electrons. The van der Waals surface area contributed by atoms with Crippen molar-refractivity contribution in [1.82, 2.24) is 15.2 Å². The van der Waals surface area contributed by atoms with E-state index in [1.165, 1.54) is 12.8 Å². The number of rotatable bonds is 8. The predicted octanol–water partition coefficient (Wildman–Crippen LogP) is 5.66. The van der Waals surface area contributed by atoms with E-state index in [9.17, 15) is 9.59 Å². The zero-order valence-electron chi connectivity index (χ0n) is 23.0. The maximum Gasteiger partial charge on any atom is 0.253 e. The number of aromatic amines is 1. The zero-order valence-corrected chi connectivity index (χ0v) is 23.8. The molecule has 2 N–H and O–H groups in total. The lowest BCUT2D eigenvalue weighted by Gasteiger charge is -2.40. The summed E-state index contributed by atoms with van der Waals surface area (Å²) in [4.78, 5) is 33.7. The Morgan fingerprint density at radius 1 is 1.05 bits per heavy atom. The molecule has 1 aliphatic rings. The van der Waals surface area contributed by atoms with Crippen molar-refractivity contribution in [1.29, 1.82) is 0 Å². The van der Waals surface area contributed by atoms with Gasteiger partial charge in [0.1, 0.15) is 0 Å². The Bertz CT molecular complexity index is 1290. The molecule has 1 saturated carbocycles. The van der Waals surface area contributed by atoms with Gasteiger partial charge in [0.2, 0.25) is 0 Å². The quantitative estimate of drug-likeness (QED) is 0.402. The van der Waals surface area contributed by atoms with E-state index < -0.39 is 0 Å². The van der Waals surface area contributed by atoms with E-state index in [1.807, 2.05) is 26.0 Å². The summed E-state index contributed by atoms with van der Waals surface area (Å²) in [6.45, 7) is 9.13. The Balaban J connectivity index is 1.66. The average Bonchev–Trinajstić information content (AvgIpc) is 3.40. The molecule has 2 aromatic heterocycles. The molecule has 2 heterocycles. The van der Waals surface area contributed by atoms with Crippen LogP contribution in [0, 0.1) is 20.8 Å². The molecule has 6 nitrogen and oxygen atoms in total. The number of benzene rings is 1. The number of aromatic nitrogens is 1. The molecule has 0 radical (unpaired) electrons. The number of carbonyl (C=O) groups excluding carboxylic acids is 1. The average molecular weight is 521 g/mol. The van der Waals surface area contributed by atoms with Crippen molar-refractivity contribution >= 4 is 22.9 Å². The van der Waals surface area contributed by atoms with Crippen molar-refractivity contribution in [3.8, 4) is 11.1 Å². The maximum atomic E-state index is 13.6. The minimum atomic E-state index is -0.150. The number of pyridine rings is 1. The molecule has 0 aliphatic heterocycles. The number of H-pyrrole nitrogens is 1. The van der Waals surface area contributed by atoms with E-state index in [-0.39, 0.29) is 18.0 Å². The first-order valence-corrected chi connectivity index (χ1v) is 14.2. The van der Waals surface area contributed by atoms with Gasteiger partial charge in [-0.25, -0.2) is 0 Å². The van der Waals surface area contributed by atoms with E-state index in [2.05, 4.69) is 70.9 Å². The molecule has 3 aromatic rings. The largest absolute Gasteiger partial charge is 0.369 e. The second-order valence-corrected chi connectivity index (χ2v) is 11.3. The molecule has 0 spiro atoms. The van der Waals surface area contributed by atoms with Crippen molar-refractivity contribution in [2.75, 3.05) is 25.5 Å². The lowest BCUT2D eigenvalue weighted by molar-refractivity contribution is 0.0950. The summed E-state index contributed by atoms with van der Waals surface area (Å²) in [6.07, 6.45) is 4.68. The molecule has 37 heavy (non-hydrogen) atoms. The molecule has 0 bridgehead atoms. The molecule has 0 saturated heterocycles. The van der Waals surface area contributed by atoms with Crippen LogP contribution in [0.1, 0.15) is 65.3 Å². The highest BCUT2D eigenvalue weighted by Crippen LogP contribution is 2.36. The topological polar surface area (TPSA) is 68.4 Å². The minimum absolute atomic E-state index is 0.146. The Morgan fingerprint density at radius 2 is 1.76 bits per heavy atom. The van der Waals surface area contributed by atoms with Gasteiger partial charge in [0, 0.05) is 47.7 Å². The zero-order chi connectivity index (χ0) is 26.7. The highest BCUT2D eigenvalue weighted by Gasteiger charge is 2.28. The summed E-state index contributed by atoms with van der Waals surface area (Å²) in [7, 11) is 4.35. The van der Waals surface area contributed by atoms with Crippen LogP contribution < -0.4 is 15.8 Å². The van der Waals surface area contributed by atoms with Crippen molar-refractivity contribution < 1.29 is 4.79 Å². The molecule has 0 unspecified atom stereocenters. The number of hydrogen-bond donors (Lipinski definition) is 2. The Hall–Kier alpha value is -2.90. The van der Waals surface area contributed by atoms with E-state index in [1.54, 1.807) is 11.3 Å². The van der Waals surface area contributed by atoms with Gasteiger partial charge in [-0.15, -0.1) is 0 Å². The number of amides is 1. The third-order valence-corrected chi connectivity index (χ3v) is 8.57. The number of nitrogens with one attached hydrogen (secondary N) is 2. The van der Waals surface area contributed by atoms with Gasteiger partial charge >= 0.3 is 0 Å². The first-order chi connectivity index (χ1) is 17.7. The molecule has 1 aromatic carbocycles. The number of nitrogens with zero attached hydrogens (tertiary/aromatic N) is 2. The third-order valence-electron chi connectivity index (χ3n) is 7.89. The summed E-state index contributed by atoms with van der Waals surface area (Å²) >= 11 is 1.66. The van der Waals surface area contributed by atoms with Crippen LogP contribution in [0.15, 0.2) is 39.8 Å². The first-order valence-electron chi connectivity index (χ1n) is 13.3. The van der Waals surface area contributed by atoms with Crippen molar-refractivity contribution in [3.05, 3.63) is 73.3 Å². The van der Waals surface area contributed by atoms with Gasteiger partial charge in [-0.3, -0.25) is 9.59 Å². The fourth-order valence-electron chi connectivity index (χ4n) is 5.71. The predicted molar refractivity (Wildman–Crippen MR) is 155 cm³/mol. The normalized spacial score (nSPS) is 17.7. The van der Waals surface area contributed by atoms with Gasteiger partial charge in [-0.1, -0.05) is 0 Å². The van der Waals surface area contributed by atoms with Crippen LogP contribution in [0.3, 0.4) is 0 Å². The minimum Gasteiger partial charge on any atom is -0.369 e. The SMILES string of the molecule is CCN(c1cc(-c2ccsc2)cc(C(=O)NCc2c(C)cc(C)[nH]c2=O)c1C)[C@H]1CC[C@H](N(C)C)CC1. The number of thiophene rings is 1. The molecule has 7 heteroatoms. The highest BCUT2D eigenvalue weighted by atomic mass is 32.1. The van der Waals surface area contributed by atoms with Gasteiger partial charge in [0.05, 0.1) is 0 Å². The summed E-state index contributed by atoms with van der Waals surface area (Å²) < 4.78 is 0. The molecular formula is C30H40N4O2S. The van der Waals surface area contributed by atoms with E-state index in [4.69, 9.17) is 0 Å². The maximum absolute atomic E-state index is 13.6. The van der Waals surface area contributed by atoms with Crippen LogP contribution in [0.2, 0.25) is 0 Å². The summed E-state index contributed by atoms with van der Waals surface area (Å²) in [5.74, 6) is -0.150. The second kappa shape index (κ2) is 11.7. The molecular weight excluding hydrogens is 480 g/mol. The van der Waals surface area contributed by atoms with E-state index in [0.717, 1.165) is 53.0 Å². The summed E-state index contributed by atoms with van der Waals surface area (Å²) in [6, 6.07) is 9.40. The lowest BCUT2D eigenvalue weighted by atomic mass is 9.88. The van der Waals surface area contributed by atoms with Crippen molar-refractivity contribution in [2.24, 2.45) is 0 Å². The third kappa shape index (κ3) is 5.99. The van der Waals surface area contributed by atoms with Gasteiger partial charge < -0.3 is 20.1 Å². The summed E-state index contributed by atoms with van der Waals surface area (Å²) in [5, 5.41) is 7.23. The standard InChI is InChI=1S/C30H40N4O2S/c1-7-34(25-10-8-24(9-11-25)33(5)6)28-16-23(22-12-13-37-18-22)15-26(21(28)4)29(35)31-17-27-19(2)14-20(3)32-30(27)36/h12-16,18,24-25H,7-11,17H2,1-6H3,(H,31,35)(H,32,36)/t24-,25-. The Kier molecular flexibility index (Phi) is 8.55. The smallest absolute Gasteiger partial charge is 0.253 e. The number of carbonyl (C=O) groups is 1. The molecule has 1 amide bonds. The van der Waals surface area contributed by atoms with Gasteiger partial charge in [0.15, 0.2) is 0 Å². The lowest BCUT2D eigenvalue weighted by Crippen LogP contribution is -2.42. The highest BCUT2D eigenvalue weighted by molar-refractivity contribution is 7.08. The van der Waals surface area contributed by atoms with Crippen molar-refractivity contribution in [3.63, 3.8) is 0 Å². The first kappa shape index (κ1) is 27.1. The van der Waals surface area contributed by atoms with Gasteiger partial charge in [-0.05, 0) is 125 Å². The van der Waals surface area contributed by atoms with Gasteiger partial charge in [0.25, 0.3) is 11.5 Å².